The van der Waals surface area contributed by atoms with Crippen LogP contribution in [0.3, 0.4) is 0 Å². The molecular weight excluding hydrogens is 367 g/mol. The fourth-order valence-corrected chi connectivity index (χ4v) is 2.95. The number of nitrogens with zero attached hydrogens (tertiary/aromatic N) is 3. The van der Waals surface area contributed by atoms with Gasteiger partial charge in [-0.15, -0.1) is 0 Å². The third-order valence-corrected chi connectivity index (χ3v) is 4.26. The third-order valence-electron chi connectivity index (χ3n) is 4.26. The van der Waals surface area contributed by atoms with E-state index in [2.05, 4.69) is 0 Å². The minimum absolute atomic E-state index is 0.140. The van der Waals surface area contributed by atoms with Crippen molar-refractivity contribution < 1.29 is 28.0 Å². The molecule has 142 valence electrons. The lowest BCUT2D eigenvalue weighted by atomic mass is 10.1. The first-order valence-electron chi connectivity index (χ1n) is 7.76. The number of Topliss-reactive ketones (excluding diaryl/α,β-unsaturated/α-hetero) is 1. The normalized spacial score (nSPS) is 13.6. The first-order valence-corrected chi connectivity index (χ1v) is 7.76. The average molecular weight is 381 g/mol. The van der Waals surface area contributed by atoms with Crippen molar-refractivity contribution in [3.05, 3.63) is 57.6 Å². The minimum Gasteiger partial charge on any atom is -0.507 e. The Labute approximate surface area is 151 Å². The quantitative estimate of drug-likeness (QED) is 0.496. The molecule has 0 atom stereocenters. The van der Waals surface area contributed by atoms with E-state index in [1.165, 1.54) is 12.1 Å². The molecule has 0 saturated heterocycles. The molecule has 0 bridgehead atoms. The molecule has 7 nitrogen and oxygen atoms in total. The lowest BCUT2D eigenvalue weighted by Gasteiger charge is -2.19. The maximum absolute atomic E-state index is 12.7. The summed E-state index contributed by atoms with van der Waals surface area (Å²) in [5.74, 6) is -1.37. The maximum Gasteiger partial charge on any atom is 0.416 e. The molecule has 1 aliphatic heterocycles. The van der Waals surface area contributed by atoms with Crippen LogP contribution in [0.1, 0.15) is 15.9 Å². The van der Waals surface area contributed by atoms with Gasteiger partial charge in [0.25, 0.3) is 5.69 Å². The number of hydrogen-bond acceptors (Lipinski definition) is 6. The van der Waals surface area contributed by atoms with Crippen molar-refractivity contribution in [3.63, 3.8) is 0 Å². The van der Waals surface area contributed by atoms with E-state index < -0.39 is 28.2 Å². The highest BCUT2D eigenvalue weighted by Gasteiger charge is 2.32. The van der Waals surface area contributed by atoms with Gasteiger partial charge in [-0.3, -0.25) is 14.9 Å². The van der Waals surface area contributed by atoms with Gasteiger partial charge < -0.3 is 14.9 Å². The number of carbonyl (C=O) groups excluding carboxylic acids is 1. The molecule has 0 unspecified atom stereocenters. The molecule has 0 aromatic heterocycles. The Morgan fingerprint density at radius 2 is 1.93 bits per heavy atom. The van der Waals surface area contributed by atoms with Crippen LogP contribution in [0.2, 0.25) is 0 Å². The van der Waals surface area contributed by atoms with Crippen molar-refractivity contribution in [1.82, 2.24) is 0 Å². The largest absolute Gasteiger partial charge is 0.507 e. The number of non-ortho nitro benzene ring substituents is 1. The monoisotopic (exact) mass is 381 g/mol. The maximum atomic E-state index is 12.7. The van der Waals surface area contributed by atoms with Gasteiger partial charge in [-0.2, -0.15) is 13.2 Å². The summed E-state index contributed by atoms with van der Waals surface area (Å²) in [6, 6.07) is 6.40. The fraction of sp³-hybridized carbons (Fsp3) is 0.235. The van der Waals surface area contributed by atoms with Crippen LogP contribution in [0.5, 0.6) is 5.75 Å². The molecule has 0 amide bonds. The van der Waals surface area contributed by atoms with E-state index in [0.29, 0.717) is 17.4 Å². The summed E-state index contributed by atoms with van der Waals surface area (Å²) in [6.07, 6.45) is -4.63. The summed E-state index contributed by atoms with van der Waals surface area (Å²) < 4.78 is 38.0. The Kier molecular flexibility index (Phi) is 4.42. The van der Waals surface area contributed by atoms with Crippen LogP contribution in [0.15, 0.2) is 36.4 Å². The van der Waals surface area contributed by atoms with Gasteiger partial charge in [0.1, 0.15) is 5.75 Å². The number of aromatic hydroxyl groups is 1. The third kappa shape index (κ3) is 3.50. The summed E-state index contributed by atoms with van der Waals surface area (Å²) in [6.45, 7) is 0.0150. The van der Waals surface area contributed by atoms with Gasteiger partial charge in [0.2, 0.25) is 0 Å². The van der Waals surface area contributed by atoms with Gasteiger partial charge >= 0.3 is 6.18 Å². The zero-order valence-electron chi connectivity index (χ0n) is 14.0. The van der Waals surface area contributed by atoms with E-state index in [4.69, 9.17) is 0 Å². The molecule has 0 radical (unpaired) electrons. The van der Waals surface area contributed by atoms with Crippen LogP contribution < -0.4 is 9.80 Å². The summed E-state index contributed by atoms with van der Waals surface area (Å²) in [5, 5.41) is 20.8. The molecule has 10 heteroatoms. The molecule has 1 heterocycles. The number of phenols is 1. The van der Waals surface area contributed by atoms with Crippen molar-refractivity contribution in [2.24, 2.45) is 0 Å². The van der Waals surface area contributed by atoms with Crippen molar-refractivity contribution in [1.29, 1.82) is 0 Å². The van der Waals surface area contributed by atoms with Crippen LogP contribution >= 0.6 is 0 Å². The second-order valence-electron chi connectivity index (χ2n) is 6.12. The molecular formula is C17H14F3N3O4. The van der Waals surface area contributed by atoms with E-state index >= 15 is 0 Å². The van der Waals surface area contributed by atoms with Crippen LogP contribution in [0.4, 0.5) is 30.2 Å². The standard InChI is InChI=1S/C17H14F3N3O4/c1-21-9-22(14-7-11(23(26)27)3-5-13(14)21)8-16(25)12-4-2-10(6-15(12)24)17(18,19)20/h2-7,24H,8-9H2,1H3. The molecule has 0 aliphatic carbocycles. The van der Waals surface area contributed by atoms with Crippen LogP contribution in [0.25, 0.3) is 0 Å². The van der Waals surface area contributed by atoms with Gasteiger partial charge in [0.05, 0.1) is 40.6 Å². The van der Waals surface area contributed by atoms with Crippen molar-refractivity contribution in [3.8, 4) is 5.75 Å². The van der Waals surface area contributed by atoms with Crippen LogP contribution in [-0.4, -0.2) is 36.1 Å². The summed E-state index contributed by atoms with van der Waals surface area (Å²) >= 11 is 0. The van der Waals surface area contributed by atoms with Crippen molar-refractivity contribution >= 4 is 22.8 Å². The fourth-order valence-electron chi connectivity index (χ4n) is 2.95. The number of halogens is 3. The first kappa shape index (κ1) is 18.5. The average Bonchev–Trinajstić information content (AvgIpc) is 2.89. The number of alkyl halides is 3. The zero-order valence-corrected chi connectivity index (χ0v) is 14.0. The highest BCUT2D eigenvalue weighted by Crippen LogP contribution is 2.38. The summed E-state index contributed by atoms with van der Waals surface area (Å²) in [4.78, 5) is 26.2. The lowest BCUT2D eigenvalue weighted by molar-refractivity contribution is -0.384. The number of phenolic OH excluding ortho intramolecular Hbond substituents is 1. The molecule has 2 aromatic rings. The number of carbonyl (C=O) groups is 1. The van der Waals surface area contributed by atoms with Gasteiger partial charge in [-0.1, -0.05) is 0 Å². The molecule has 0 spiro atoms. The second kappa shape index (κ2) is 6.45. The Balaban J connectivity index is 1.86. The number of benzene rings is 2. The van der Waals surface area contributed by atoms with E-state index in [-0.39, 0.29) is 24.5 Å². The summed E-state index contributed by atoms with van der Waals surface area (Å²) in [7, 11) is 1.74. The molecule has 27 heavy (non-hydrogen) atoms. The first-order chi connectivity index (χ1) is 12.6. The lowest BCUT2D eigenvalue weighted by Crippen LogP contribution is -2.32. The van der Waals surface area contributed by atoms with E-state index in [9.17, 15) is 33.2 Å². The highest BCUT2D eigenvalue weighted by molar-refractivity contribution is 6.02. The predicted molar refractivity (Wildman–Crippen MR) is 91.2 cm³/mol. The molecule has 0 saturated carbocycles. The van der Waals surface area contributed by atoms with Gasteiger partial charge in [0, 0.05) is 19.2 Å². The van der Waals surface area contributed by atoms with Crippen LogP contribution in [-0.2, 0) is 6.18 Å². The van der Waals surface area contributed by atoms with Crippen LogP contribution in [0, 0.1) is 10.1 Å². The number of ketones is 1. The Morgan fingerprint density at radius 3 is 2.52 bits per heavy atom. The van der Waals surface area contributed by atoms with Gasteiger partial charge in [0.15, 0.2) is 5.78 Å². The second-order valence-corrected chi connectivity index (χ2v) is 6.12. The SMILES string of the molecule is CN1CN(CC(=O)c2ccc(C(F)(F)F)cc2O)c2cc([N+](=O)[O-])ccc21. The van der Waals surface area contributed by atoms with E-state index in [0.717, 1.165) is 12.1 Å². The Morgan fingerprint density at radius 1 is 1.22 bits per heavy atom. The molecule has 3 rings (SSSR count). The molecule has 1 N–H and O–H groups in total. The molecule has 2 aromatic carbocycles. The van der Waals surface area contributed by atoms with E-state index in [1.807, 2.05) is 0 Å². The summed E-state index contributed by atoms with van der Waals surface area (Å²) in [5.41, 5.74) is -0.293. The van der Waals surface area contributed by atoms with Crippen molar-refractivity contribution in [2.45, 2.75) is 6.18 Å². The predicted octanol–water partition coefficient (Wildman–Crippen LogP) is 3.42. The van der Waals surface area contributed by atoms with E-state index in [1.54, 1.807) is 22.9 Å². The molecule has 0 fully saturated rings. The zero-order chi connectivity index (χ0) is 19.9. The number of nitro benzene ring substituents is 1. The topological polar surface area (TPSA) is 86.9 Å². The highest BCUT2D eigenvalue weighted by atomic mass is 19.4. The number of hydrogen-bond donors (Lipinski definition) is 1. The van der Waals surface area contributed by atoms with Crippen molar-refractivity contribution in [2.75, 3.05) is 30.1 Å². The Hall–Kier alpha value is -3.30. The number of anilines is 2. The number of fused-ring (bicyclic) bond motifs is 1. The smallest absolute Gasteiger partial charge is 0.416 e. The minimum atomic E-state index is -4.63. The Bertz CT molecular complexity index is 930. The van der Waals surface area contributed by atoms with Gasteiger partial charge in [-0.25, -0.2) is 0 Å². The number of nitro groups is 1. The number of rotatable bonds is 4. The van der Waals surface area contributed by atoms with Gasteiger partial charge in [-0.05, 0) is 24.3 Å². The molecule has 1 aliphatic rings.